The lowest BCUT2D eigenvalue weighted by Crippen LogP contribution is -2.35. The van der Waals surface area contributed by atoms with Crippen LogP contribution in [0.15, 0.2) is 48.5 Å². The molecule has 0 saturated carbocycles. The van der Waals surface area contributed by atoms with Gasteiger partial charge in [-0.05, 0) is 48.2 Å². The molecule has 0 aliphatic carbocycles. The molecule has 0 bridgehead atoms. The molecule has 1 aliphatic rings. The number of ether oxygens (including phenoxy) is 1. The number of hydrogen-bond donors (Lipinski definition) is 1. The van der Waals surface area contributed by atoms with Crippen molar-refractivity contribution in [2.75, 3.05) is 32.8 Å². The van der Waals surface area contributed by atoms with E-state index in [-0.39, 0.29) is 11.7 Å². The number of hydrogen-bond acceptors (Lipinski definition) is 3. The van der Waals surface area contributed by atoms with Gasteiger partial charge in [-0.15, -0.1) is 0 Å². The van der Waals surface area contributed by atoms with Crippen molar-refractivity contribution in [1.29, 1.82) is 0 Å². The maximum Gasteiger partial charge on any atom is 0.251 e. The topological polar surface area (TPSA) is 41.6 Å². The Hall–Kier alpha value is -2.24. The summed E-state index contributed by atoms with van der Waals surface area (Å²) < 4.78 is 18.3. The van der Waals surface area contributed by atoms with Gasteiger partial charge in [0.1, 0.15) is 5.82 Å². The number of carbonyl (C=O) groups is 1. The van der Waals surface area contributed by atoms with Gasteiger partial charge in [0.25, 0.3) is 5.91 Å². The van der Waals surface area contributed by atoms with Gasteiger partial charge < -0.3 is 10.1 Å². The highest BCUT2D eigenvalue weighted by Crippen LogP contribution is 2.10. The van der Waals surface area contributed by atoms with E-state index in [0.29, 0.717) is 12.1 Å². The minimum absolute atomic E-state index is 0.0482. The second kappa shape index (κ2) is 9.46. The first-order valence-corrected chi connectivity index (χ1v) is 9.12. The van der Waals surface area contributed by atoms with Crippen molar-refractivity contribution in [3.8, 4) is 0 Å². The first-order valence-electron chi connectivity index (χ1n) is 9.12. The summed E-state index contributed by atoms with van der Waals surface area (Å²) in [4.78, 5) is 14.7. The molecule has 1 N–H and O–H groups in total. The van der Waals surface area contributed by atoms with Gasteiger partial charge in [0.15, 0.2) is 0 Å². The Bertz CT molecular complexity index is 712. The molecule has 1 saturated heterocycles. The lowest BCUT2D eigenvalue weighted by atomic mass is 10.1. The van der Waals surface area contributed by atoms with Gasteiger partial charge in [0, 0.05) is 31.7 Å². The first-order chi connectivity index (χ1) is 12.7. The molecule has 138 valence electrons. The fourth-order valence-electron chi connectivity index (χ4n) is 3.08. The van der Waals surface area contributed by atoms with Crippen LogP contribution in [0.3, 0.4) is 0 Å². The maximum absolute atomic E-state index is 12.9. The molecule has 1 fully saturated rings. The predicted octanol–water partition coefficient (Wildman–Crippen LogP) is 3.02. The summed E-state index contributed by atoms with van der Waals surface area (Å²) in [6.45, 7) is 4.85. The third kappa shape index (κ3) is 5.64. The molecule has 0 atom stereocenters. The molecule has 2 aromatic rings. The van der Waals surface area contributed by atoms with Crippen LogP contribution < -0.4 is 5.32 Å². The maximum atomic E-state index is 12.9. The third-order valence-electron chi connectivity index (χ3n) is 4.54. The zero-order chi connectivity index (χ0) is 18.2. The van der Waals surface area contributed by atoms with Crippen LogP contribution in [0.4, 0.5) is 4.39 Å². The van der Waals surface area contributed by atoms with Crippen molar-refractivity contribution in [3.63, 3.8) is 0 Å². The van der Waals surface area contributed by atoms with Crippen molar-refractivity contribution in [1.82, 2.24) is 10.2 Å². The van der Waals surface area contributed by atoms with Crippen LogP contribution in [0, 0.1) is 5.82 Å². The summed E-state index contributed by atoms with van der Waals surface area (Å²) in [6.07, 6.45) is 1.64. The molecule has 0 radical (unpaired) electrons. The number of nitrogens with zero attached hydrogens (tertiary/aromatic N) is 1. The third-order valence-corrected chi connectivity index (χ3v) is 4.54. The summed E-state index contributed by atoms with van der Waals surface area (Å²) in [6, 6.07) is 14.3. The Morgan fingerprint density at radius 2 is 1.85 bits per heavy atom. The Labute approximate surface area is 154 Å². The normalized spacial score (nSPS) is 15.0. The van der Waals surface area contributed by atoms with Crippen LogP contribution in [0.25, 0.3) is 0 Å². The number of amides is 1. The Morgan fingerprint density at radius 3 is 2.62 bits per heavy atom. The number of carbonyl (C=O) groups excluding carboxylic acids is 1. The molecule has 0 spiro atoms. The largest absolute Gasteiger partial charge is 0.379 e. The molecule has 2 aromatic carbocycles. The number of rotatable bonds is 7. The van der Waals surface area contributed by atoms with E-state index in [4.69, 9.17) is 4.74 Å². The summed E-state index contributed by atoms with van der Waals surface area (Å²) >= 11 is 0. The highest BCUT2D eigenvalue weighted by molar-refractivity contribution is 5.94. The minimum atomic E-state index is -0.223. The van der Waals surface area contributed by atoms with Crippen LogP contribution in [0.2, 0.25) is 0 Å². The summed E-state index contributed by atoms with van der Waals surface area (Å²) in [5, 5.41) is 2.96. The van der Waals surface area contributed by atoms with E-state index >= 15 is 0 Å². The van der Waals surface area contributed by atoms with E-state index in [1.165, 1.54) is 12.1 Å². The monoisotopic (exact) mass is 356 g/mol. The lowest BCUT2D eigenvalue weighted by Gasteiger charge is -2.26. The molecule has 3 rings (SSSR count). The summed E-state index contributed by atoms with van der Waals surface area (Å²) in [5.41, 5.74) is 2.91. The highest BCUT2D eigenvalue weighted by atomic mass is 19.1. The van der Waals surface area contributed by atoms with Crippen LogP contribution >= 0.6 is 0 Å². The van der Waals surface area contributed by atoms with Gasteiger partial charge >= 0.3 is 0 Å². The number of aryl methyl sites for hydroxylation is 1. The molecule has 26 heavy (non-hydrogen) atoms. The molecular weight excluding hydrogens is 331 g/mol. The van der Waals surface area contributed by atoms with Crippen LogP contribution in [-0.4, -0.2) is 43.7 Å². The van der Waals surface area contributed by atoms with Crippen molar-refractivity contribution >= 4 is 5.91 Å². The van der Waals surface area contributed by atoms with Crippen LogP contribution in [0.1, 0.15) is 27.9 Å². The standard InChI is InChI=1S/C21H25FN2O2/c22-20-8-6-17(7-9-20)4-2-10-23-21(25)19-5-1-3-18(15-19)16-24-11-13-26-14-12-24/h1,3,5-9,15H,2,4,10-14,16H2,(H,23,25). The zero-order valence-electron chi connectivity index (χ0n) is 14.9. The number of halogens is 1. The second-order valence-electron chi connectivity index (χ2n) is 6.57. The Balaban J connectivity index is 1.45. The SMILES string of the molecule is O=C(NCCCc1ccc(F)cc1)c1cccc(CN2CCOCC2)c1. The molecule has 0 unspecified atom stereocenters. The number of nitrogens with one attached hydrogen (secondary N) is 1. The van der Waals surface area contributed by atoms with Gasteiger partial charge in [-0.3, -0.25) is 9.69 Å². The van der Waals surface area contributed by atoms with Crippen molar-refractivity contribution in [2.24, 2.45) is 0 Å². The number of benzene rings is 2. The van der Waals surface area contributed by atoms with Crippen molar-refractivity contribution < 1.29 is 13.9 Å². The van der Waals surface area contributed by atoms with Gasteiger partial charge in [-0.2, -0.15) is 0 Å². The molecule has 1 heterocycles. The molecule has 1 aliphatic heterocycles. The quantitative estimate of drug-likeness (QED) is 0.776. The molecule has 5 heteroatoms. The molecular formula is C21H25FN2O2. The smallest absolute Gasteiger partial charge is 0.251 e. The molecule has 1 amide bonds. The molecule has 4 nitrogen and oxygen atoms in total. The van der Waals surface area contributed by atoms with Crippen molar-refractivity contribution in [2.45, 2.75) is 19.4 Å². The second-order valence-corrected chi connectivity index (χ2v) is 6.57. The lowest BCUT2D eigenvalue weighted by molar-refractivity contribution is 0.0342. The average Bonchev–Trinajstić information content (AvgIpc) is 2.67. The fraction of sp³-hybridized carbons (Fsp3) is 0.381. The zero-order valence-corrected chi connectivity index (χ0v) is 14.9. The van der Waals surface area contributed by atoms with Gasteiger partial charge in [-0.25, -0.2) is 4.39 Å². The van der Waals surface area contributed by atoms with E-state index in [1.54, 1.807) is 12.1 Å². The van der Waals surface area contributed by atoms with E-state index < -0.39 is 0 Å². The Kier molecular flexibility index (Phi) is 6.75. The van der Waals surface area contributed by atoms with E-state index in [1.807, 2.05) is 18.2 Å². The highest BCUT2D eigenvalue weighted by Gasteiger charge is 2.12. The number of morpholine rings is 1. The summed E-state index contributed by atoms with van der Waals surface area (Å²) in [5.74, 6) is -0.271. The van der Waals surface area contributed by atoms with E-state index in [9.17, 15) is 9.18 Å². The Morgan fingerprint density at radius 1 is 1.08 bits per heavy atom. The minimum Gasteiger partial charge on any atom is -0.379 e. The fourth-order valence-corrected chi connectivity index (χ4v) is 3.08. The van der Waals surface area contributed by atoms with Gasteiger partial charge in [0.05, 0.1) is 13.2 Å². The summed E-state index contributed by atoms with van der Waals surface area (Å²) in [7, 11) is 0. The average molecular weight is 356 g/mol. The molecule has 0 aromatic heterocycles. The van der Waals surface area contributed by atoms with E-state index in [2.05, 4.69) is 16.3 Å². The first kappa shape index (κ1) is 18.5. The van der Waals surface area contributed by atoms with Crippen LogP contribution in [0.5, 0.6) is 0 Å². The van der Waals surface area contributed by atoms with E-state index in [0.717, 1.165) is 56.8 Å². The van der Waals surface area contributed by atoms with Gasteiger partial charge in [-0.1, -0.05) is 24.3 Å². The predicted molar refractivity (Wildman–Crippen MR) is 99.6 cm³/mol. The van der Waals surface area contributed by atoms with Crippen molar-refractivity contribution in [3.05, 3.63) is 71.0 Å². The van der Waals surface area contributed by atoms with Gasteiger partial charge in [0.2, 0.25) is 0 Å². The van der Waals surface area contributed by atoms with Crippen LogP contribution in [-0.2, 0) is 17.7 Å².